The van der Waals surface area contributed by atoms with Gasteiger partial charge in [0.25, 0.3) is 5.91 Å². The number of esters is 1. The van der Waals surface area contributed by atoms with E-state index in [2.05, 4.69) is 15.6 Å². The third-order valence-corrected chi connectivity index (χ3v) is 3.77. The highest BCUT2D eigenvalue weighted by Gasteiger charge is 2.21. The number of halogens is 1. The van der Waals surface area contributed by atoms with Crippen molar-refractivity contribution in [2.45, 2.75) is 20.0 Å². The molecule has 1 aromatic heterocycles. The van der Waals surface area contributed by atoms with Crippen LogP contribution in [0.25, 0.3) is 0 Å². The van der Waals surface area contributed by atoms with Crippen molar-refractivity contribution in [3.05, 3.63) is 40.4 Å². The molecule has 0 aliphatic carbocycles. The van der Waals surface area contributed by atoms with Crippen molar-refractivity contribution in [1.29, 1.82) is 0 Å². The zero-order valence-corrected chi connectivity index (χ0v) is 14.4. The maximum Gasteiger partial charge on any atom is 0.358 e. The summed E-state index contributed by atoms with van der Waals surface area (Å²) in [5, 5.41) is 7.35. The smallest absolute Gasteiger partial charge is 0.358 e. The van der Waals surface area contributed by atoms with Crippen molar-refractivity contribution in [3.63, 3.8) is 0 Å². The second kappa shape index (κ2) is 7.89. The number of anilines is 2. The SMILES string of the molecule is CC(=O)Nc1nc(C(=O)OC(C)C(=O)Nc2ccc(Cl)cc2)cs1. The summed E-state index contributed by atoms with van der Waals surface area (Å²) in [4.78, 5) is 38.8. The Balaban J connectivity index is 1.92. The van der Waals surface area contributed by atoms with Gasteiger partial charge in [-0.1, -0.05) is 11.6 Å². The molecule has 1 heterocycles. The minimum atomic E-state index is -1.01. The van der Waals surface area contributed by atoms with E-state index in [1.54, 1.807) is 24.3 Å². The van der Waals surface area contributed by atoms with E-state index in [1.807, 2.05) is 0 Å². The number of nitrogens with one attached hydrogen (secondary N) is 2. The molecule has 1 unspecified atom stereocenters. The fourth-order valence-electron chi connectivity index (χ4n) is 1.63. The number of aromatic nitrogens is 1. The fourth-order valence-corrected chi connectivity index (χ4v) is 2.48. The Hall–Kier alpha value is -2.45. The van der Waals surface area contributed by atoms with Gasteiger partial charge in [0.2, 0.25) is 5.91 Å². The van der Waals surface area contributed by atoms with Gasteiger partial charge in [-0.2, -0.15) is 0 Å². The lowest BCUT2D eigenvalue weighted by Gasteiger charge is -2.12. The lowest BCUT2D eigenvalue weighted by molar-refractivity contribution is -0.123. The molecular formula is C15H14ClN3O4S. The van der Waals surface area contributed by atoms with Gasteiger partial charge in [0, 0.05) is 23.0 Å². The van der Waals surface area contributed by atoms with E-state index in [9.17, 15) is 14.4 Å². The number of hydrogen-bond donors (Lipinski definition) is 2. The van der Waals surface area contributed by atoms with Crippen LogP contribution in [-0.2, 0) is 14.3 Å². The predicted molar refractivity (Wildman–Crippen MR) is 91.4 cm³/mol. The maximum atomic E-state index is 12.0. The number of carbonyl (C=O) groups excluding carboxylic acids is 3. The summed E-state index contributed by atoms with van der Waals surface area (Å²) in [6.45, 7) is 2.78. The predicted octanol–water partition coefficient (Wildman–Crippen LogP) is 2.94. The third-order valence-electron chi connectivity index (χ3n) is 2.76. The minimum Gasteiger partial charge on any atom is -0.448 e. The van der Waals surface area contributed by atoms with E-state index in [0.717, 1.165) is 11.3 Å². The van der Waals surface area contributed by atoms with Gasteiger partial charge in [0.15, 0.2) is 16.9 Å². The number of nitrogens with zero attached hydrogens (tertiary/aromatic N) is 1. The van der Waals surface area contributed by atoms with E-state index < -0.39 is 18.0 Å². The molecule has 2 N–H and O–H groups in total. The third kappa shape index (κ3) is 5.04. The summed E-state index contributed by atoms with van der Waals surface area (Å²) < 4.78 is 5.07. The van der Waals surface area contributed by atoms with Crippen LogP contribution in [0.3, 0.4) is 0 Å². The number of carbonyl (C=O) groups is 3. The highest BCUT2D eigenvalue weighted by atomic mass is 35.5. The van der Waals surface area contributed by atoms with Crippen molar-refractivity contribution in [2.75, 3.05) is 10.6 Å². The molecule has 0 saturated carbocycles. The molecule has 0 saturated heterocycles. The van der Waals surface area contributed by atoms with E-state index in [0.29, 0.717) is 10.7 Å². The molecule has 1 atom stereocenters. The largest absolute Gasteiger partial charge is 0.448 e. The van der Waals surface area contributed by atoms with Crippen LogP contribution in [0.4, 0.5) is 10.8 Å². The first-order valence-electron chi connectivity index (χ1n) is 6.85. The number of amides is 2. The molecule has 126 valence electrons. The van der Waals surface area contributed by atoms with Crippen LogP contribution in [-0.4, -0.2) is 28.9 Å². The van der Waals surface area contributed by atoms with E-state index in [4.69, 9.17) is 16.3 Å². The first-order valence-corrected chi connectivity index (χ1v) is 8.11. The Morgan fingerprint density at radius 1 is 1.21 bits per heavy atom. The molecule has 2 amide bonds. The second-order valence-corrected chi connectivity index (χ2v) is 6.06. The summed E-state index contributed by atoms with van der Waals surface area (Å²) in [5.74, 6) is -1.52. The quantitative estimate of drug-likeness (QED) is 0.792. The van der Waals surface area contributed by atoms with Gasteiger partial charge >= 0.3 is 5.97 Å². The van der Waals surface area contributed by atoms with Crippen molar-refractivity contribution in [1.82, 2.24) is 4.98 Å². The molecule has 2 rings (SSSR count). The first-order chi connectivity index (χ1) is 11.3. The molecule has 0 aliphatic rings. The normalized spacial score (nSPS) is 11.5. The van der Waals surface area contributed by atoms with Crippen LogP contribution in [0.1, 0.15) is 24.3 Å². The van der Waals surface area contributed by atoms with Gasteiger partial charge in [0.1, 0.15) is 0 Å². The Morgan fingerprint density at radius 2 is 1.88 bits per heavy atom. The van der Waals surface area contributed by atoms with E-state index in [1.165, 1.54) is 19.2 Å². The second-order valence-electron chi connectivity index (χ2n) is 4.76. The lowest BCUT2D eigenvalue weighted by atomic mass is 10.3. The van der Waals surface area contributed by atoms with Crippen LogP contribution >= 0.6 is 22.9 Å². The summed E-state index contributed by atoms with van der Waals surface area (Å²) in [6, 6.07) is 6.53. The van der Waals surface area contributed by atoms with Crippen LogP contribution < -0.4 is 10.6 Å². The summed E-state index contributed by atoms with van der Waals surface area (Å²) >= 11 is 6.86. The number of thiazole rings is 1. The molecule has 2 aromatic rings. The van der Waals surface area contributed by atoms with E-state index >= 15 is 0 Å². The Labute approximate surface area is 147 Å². The highest BCUT2D eigenvalue weighted by Crippen LogP contribution is 2.17. The molecule has 0 radical (unpaired) electrons. The molecule has 9 heteroatoms. The van der Waals surface area contributed by atoms with Gasteiger partial charge in [-0.25, -0.2) is 9.78 Å². The summed E-state index contributed by atoms with van der Waals surface area (Å²) in [7, 11) is 0. The Morgan fingerprint density at radius 3 is 2.50 bits per heavy atom. The van der Waals surface area contributed by atoms with Crippen molar-refractivity contribution < 1.29 is 19.1 Å². The average molecular weight is 368 g/mol. The van der Waals surface area contributed by atoms with Crippen LogP contribution in [0.15, 0.2) is 29.6 Å². The molecular weight excluding hydrogens is 354 g/mol. The minimum absolute atomic E-state index is 0.0230. The van der Waals surface area contributed by atoms with E-state index in [-0.39, 0.29) is 16.7 Å². The highest BCUT2D eigenvalue weighted by molar-refractivity contribution is 7.14. The van der Waals surface area contributed by atoms with Gasteiger partial charge in [0.05, 0.1) is 0 Å². The Kier molecular flexibility index (Phi) is 5.88. The van der Waals surface area contributed by atoms with Crippen LogP contribution in [0.2, 0.25) is 5.02 Å². The monoisotopic (exact) mass is 367 g/mol. The first kappa shape index (κ1) is 17.9. The lowest BCUT2D eigenvalue weighted by Crippen LogP contribution is -2.30. The zero-order valence-electron chi connectivity index (χ0n) is 12.8. The fraction of sp³-hybridized carbons (Fsp3) is 0.200. The zero-order chi connectivity index (χ0) is 17.7. The molecule has 0 aliphatic heterocycles. The van der Waals surface area contributed by atoms with Gasteiger partial charge in [-0.3, -0.25) is 9.59 Å². The van der Waals surface area contributed by atoms with Gasteiger partial charge in [-0.15, -0.1) is 11.3 Å². The van der Waals surface area contributed by atoms with Crippen molar-refractivity contribution in [3.8, 4) is 0 Å². The maximum absolute atomic E-state index is 12.0. The number of benzene rings is 1. The number of hydrogen-bond acceptors (Lipinski definition) is 6. The summed E-state index contributed by atoms with van der Waals surface area (Å²) in [6.07, 6.45) is -1.01. The van der Waals surface area contributed by atoms with Gasteiger partial charge < -0.3 is 15.4 Å². The molecule has 0 bridgehead atoms. The summed E-state index contributed by atoms with van der Waals surface area (Å²) in [5.41, 5.74) is 0.559. The van der Waals surface area contributed by atoms with Crippen molar-refractivity contribution in [2.24, 2.45) is 0 Å². The van der Waals surface area contributed by atoms with Crippen LogP contribution in [0, 0.1) is 0 Å². The average Bonchev–Trinajstić information content (AvgIpc) is 2.97. The van der Waals surface area contributed by atoms with Crippen molar-refractivity contribution >= 4 is 51.5 Å². The Bertz CT molecular complexity index is 760. The molecule has 1 aromatic carbocycles. The molecule has 0 spiro atoms. The number of rotatable bonds is 5. The standard InChI is InChI=1S/C15H14ClN3O4S/c1-8(13(21)18-11-5-3-10(16)4-6-11)23-14(22)12-7-24-15(19-12)17-9(2)20/h3-8H,1-2H3,(H,18,21)(H,17,19,20). The number of ether oxygens (including phenoxy) is 1. The van der Waals surface area contributed by atoms with Gasteiger partial charge in [-0.05, 0) is 31.2 Å². The molecule has 0 fully saturated rings. The topological polar surface area (TPSA) is 97.4 Å². The van der Waals surface area contributed by atoms with Crippen LogP contribution in [0.5, 0.6) is 0 Å². The molecule has 7 nitrogen and oxygen atoms in total. The molecule has 24 heavy (non-hydrogen) atoms.